The fourth-order valence-corrected chi connectivity index (χ4v) is 4.82. The first-order chi connectivity index (χ1) is 10.0. The minimum Gasteiger partial charge on any atom is -0.385 e. The van der Waals surface area contributed by atoms with E-state index in [-0.39, 0.29) is 10.9 Å². The van der Waals surface area contributed by atoms with E-state index >= 15 is 0 Å². The number of hydrogen-bond donors (Lipinski definition) is 2. The Morgan fingerprint density at radius 3 is 2.38 bits per heavy atom. The van der Waals surface area contributed by atoms with Crippen LogP contribution in [0.2, 0.25) is 0 Å². The van der Waals surface area contributed by atoms with E-state index in [4.69, 9.17) is 0 Å². The van der Waals surface area contributed by atoms with Gasteiger partial charge in [-0.05, 0) is 43.5 Å². The third kappa shape index (κ3) is 4.79. The molecule has 0 bridgehead atoms. The van der Waals surface area contributed by atoms with Crippen LogP contribution in [0.5, 0.6) is 0 Å². The summed E-state index contributed by atoms with van der Waals surface area (Å²) in [6.45, 7) is 2.94. The van der Waals surface area contributed by atoms with Crippen LogP contribution in [0.25, 0.3) is 0 Å². The molecule has 0 unspecified atom stereocenters. The third-order valence-corrected chi connectivity index (χ3v) is 6.37. The molecule has 0 atom stereocenters. The molecule has 1 heterocycles. The van der Waals surface area contributed by atoms with Crippen LogP contribution in [0.1, 0.15) is 26.2 Å². The Hall–Kier alpha value is -0.920. The van der Waals surface area contributed by atoms with Gasteiger partial charge in [-0.2, -0.15) is 0 Å². The summed E-state index contributed by atoms with van der Waals surface area (Å²) in [6.07, 6.45) is 2.30. The SMILES string of the molecule is CCCNc1ccc(S(=O)(=O)NC2CCS(=O)CC2)cc1. The van der Waals surface area contributed by atoms with Crippen LogP contribution in [0.4, 0.5) is 5.69 Å². The highest BCUT2D eigenvalue weighted by molar-refractivity contribution is 7.89. The molecule has 1 fully saturated rings. The third-order valence-electron chi connectivity index (χ3n) is 3.45. The van der Waals surface area contributed by atoms with Crippen molar-refractivity contribution in [2.75, 3.05) is 23.4 Å². The van der Waals surface area contributed by atoms with Gasteiger partial charge in [0.2, 0.25) is 10.0 Å². The van der Waals surface area contributed by atoms with E-state index in [2.05, 4.69) is 17.0 Å². The average Bonchev–Trinajstić information content (AvgIpc) is 2.48. The number of hydrogen-bond acceptors (Lipinski definition) is 4. The molecule has 0 amide bonds. The molecule has 0 spiro atoms. The average molecular weight is 330 g/mol. The molecule has 1 aromatic rings. The molecule has 1 aromatic carbocycles. The standard InChI is InChI=1S/C14H22N2O3S2/c1-2-9-15-12-3-5-14(6-4-12)21(18,19)16-13-7-10-20(17)11-8-13/h3-6,13,15-16H,2,7-11H2,1H3. The van der Waals surface area contributed by atoms with E-state index in [1.165, 1.54) is 0 Å². The van der Waals surface area contributed by atoms with Gasteiger partial charge < -0.3 is 5.32 Å². The Morgan fingerprint density at radius 1 is 1.19 bits per heavy atom. The maximum Gasteiger partial charge on any atom is 0.240 e. The summed E-state index contributed by atoms with van der Waals surface area (Å²) in [6, 6.07) is 6.67. The van der Waals surface area contributed by atoms with Crippen molar-refractivity contribution < 1.29 is 12.6 Å². The van der Waals surface area contributed by atoms with Crippen molar-refractivity contribution in [3.63, 3.8) is 0 Å². The predicted octanol–water partition coefficient (Wildman–Crippen LogP) is 1.70. The largest absolute Gasteiger partial charge is 0.385 e. The fraction of sp³-hybridized carbons (Fsp3) is 0.571. The summed E-state index contributed by atoms with van der Waals surface area (Å²) in [5.74, 6) is 1.15. The monoisotopic (exact) mass is 330 g/mol. The number of rotatable bonds is 6. The van der Waals surface area contributed by atoms with Crippen molar-refractivity contribution in [3.8, 4) is 0 Å². The van der Waals surface area contributed by atoms with Gasteiger partial charge in [0.25, 0.3) is 0 Å². The molecule has 1 aliphatic heterocycles. The van der Waals surface area contributed by atoms with Crippen molar-refractivity contribution in [1.29, 1.82) is 0 Å². The Balaban J connectivity index is 2.00. The van der Waals surface area contributed by atoms with Gasteiger partial charge in [0.1, 0.15) is 0 Å². The zero-order valence-electron chi connectivity index (χ0n) is 12.2. The lowest BCUT2D eigenvalue weighted by atomic mass is 10.2. The number of nitrogens with one attached hydrogen (secondary N) is 2. The highest BCUT2D eigenvalue weighted by Crippen LogP contribution is 2.17. The molecule has 5 nitrogen and oxygen atoms in total. The first-order valence-electron chi connectivity index (χ1n) is 7.22. The summed E-state index contributed by atoms with van der Waals surface area (Å²) in [4.78, 5) is 0.274. The molecule has 21 heavy (non-hydrogen) atoms. The van der Waals surface area contributed by atoms with E-state index in [1.54, 1.807) is 24.3 Å². The lowest BCUT2D eigenvalue weighted by Crippen LogP contribution is -2.39. The second kappa shape index (κ2) is 7.38. The van der Waals surface area contributed by atoms with Gasteiger partial charge in [-0.15, -0.1) is 0 Å². The van der Waals surface area contributed by atoms with Crippen LogP contribution in [0.15, 0.2) is 29.2 Å². The molecule has 118 valence electrons. The molecule has 2 N–H and O–H groups in total. The number of sulfonamides is 1. The normalized spacial score (nSPS) is 22.9. The lowest BCUT2D eigenvalue weighted by Gasteiger charge is -2.22. The van der Waals surface area contributed by atoms with Crippen molar-refractivity contribution in [2.24, 2.45) is 0 Å². The van der Waals surface area contributed by atoms with Gasteiger partial charge in [-0.1, -0.05) is 6.92 Å². The van der Waals surface area contributed by atoms with Crippen molar-refractivity contribution in [2.45, 2.75) is 37.1 Å². The number of benzene rings is 1. The van der Waals surface area contributed by atoms with E-state index in [0.717, 1.165) is 18.7 Å². The highest BCUT2D eigenvalue weighted by atomic mass is 32.2. The first-order valence-corrected chi connectivity index (χ1v) is 10.2. The van der Waals surface area contributed by atoms with E-state index in [9.17, 15) is 12.6 Å². The zero-order chi connectivity index (χ0) is 15.3. The van der Waals surface area contributed by atoms with Crippen molar-refractivity contribution in [3.05, 3.63) is 24.3 Å². The molecule has 2 rings (SSSR count). The Morgan fingerprint density at radius 2 is 1.81 bits per heavy atom. The van der Waals surface area contributed by atoms with Gasteiger partial charge in [0, 0.05) is 40.6 Å². The second-order valence-corrected chi connectivity index (χ2v) is 8.60. The molecule has 7 heteroatoms. The molecule has 1 aliphatic rings. The van der Waals surface area contributed by atoms with Crippen LogP contribution < -0.4 is 10.0 Å². The first kappa shape index (κ1) is 16.5. The van der Waals surface area contributed by atoms with Crippen LogP contribution in [0.3, 0.4) is 0 Å². The molecule has 1 saturated heterocycles. The van der Waals surface area contributed by atoms with Gasteiger partial charge >= 0.3 is 0 Å². The molecule has 0 aromatic heterocycles. The molecular weight excluding hydrogens is 308 g/mol. The summed E-state index contributed by atoms with van der Waals surface area (Å²) in [5.41, 5.74) is 0.920. The number of anilines is 1. The van der Waals surface area contributed by atoms with Gasteiger partial charge in [0.15, 0.2) is 0 Å². The molecule has 0 saturated carbocycles. The van der Waals surface area contributed by atoms with Crippen LogP contribution >= 0.6 is 0 Å². The quantitative estimate of drug-likeness (QED) is 0.832. The Labute approximate surface area is 129 Å². The van der Waals surface area contributed by atoms with Crippen LogP contribution in [-0.4, -0.2) is 36.7 Å². The summed E-state index contributed by atoms with van der Waals surface area (Å²) in [7, 11) is -4.27. The van der Waals surface area contributed by atoms with E-state index in [1.807, 2.05) is 0 Å². The van der Waals surface area contributed by atoms with Gasteiger partial charge in [0.05, 0.1) is 4.90 Å². The fourth-order valence-electron chi connectivity index (χ4n) is 2.22. The van der Waals surface area contributed by atoms with E-state index in [0.29, 0.717) is 24.3 Å². The highest BCUT2D eigenvalue weighted by Gasteiger charge is 2.23. The maximum atomic E-state index is 12.3. The predicted molar refractivity (Wildman–Crippen MR) is 86.4 cm³/mol. The molecule has 0 radical (unpaired) electrons. The lowest BCUT2D eigenvalue weighted by molar-refractivity contribution is 0.522. The topological polar surface area (TPSA) is 75.3 Å². The summed E-state index contributed by atoms with van der Waals surface area (Å²) in [5, 5.41) is 3.21. The smallest absolute Gasteiger partial charge is 0.240 e. The van der Waals surface area contributed by atoms with Crippen molar-refractivity contribution >= 4 is 26.5 Å². The molecular formula is C14H22N2O3S2. The minimum atomic E-state index is -3.49. The maximum absolute atomic E-state index is 12.3. The summed E-state index contributed by atoms with van der Waals surface area (Å²) >= 11 is 0. The molecule has 0 aliphatic carbocycles. The van der Waals surface area contributed by atoms with E-state index < -0.39 is 20.8 Å². The Bertz CT molecular complexity index is 575. The van der Waals surface area contributed by atoms with Crippen LogP contribution in [-0.2, 0) is 20.8 Å². The van der Waals surface area contributed by atoms with Gasteiger partial charge in [-0.3, -0.25) is 4.21 Å². The van der Waals surface area contributed by atoms with Crippen LogP contribution in [0, 0.1) is 0 Å². The minimum absolute atomic E-state index is 0.106. The second-order valence-electron chi connectivity index (χ2n) is 5.19. The van der Waals surface area contributed by atoms with Gasteiger partial charge in [-0.25, -0.2) is 13.1 Å². The Kier molecular flexibility index (Phi) is 5.78. The van der Waals surface area contributed by atoms with Crippen molar-refractivity contribution in [1.82, 2.24) is 4.72 Å². The zero-order valence-corrected chi connectivity index (χ0v) is 13.8. The summed E-state index contributed by atoms with van der Waals surface area (Å²) < 4.78 is 38.6.